The first-order chi connectivity index (χ1) is 19.4. The van der Waals surface area contributed by atoms with Gasteiger partial charge in [0.2, 0.25) is 15.9 Å². The van der Waals surface area contributed by atoms with Crippen molar-refractivity contribution in [3.05, 3.63) is 60.3 Å². The predicted octanol–water partition coefficient (Wildman–Crippen LogP) is 4.00. The molecule has 0 spiro atoms. The number of H-pyrrole nitrogens is 1. The third-order valence-corrected chi connectivity index (χ3v) is 10.4. The molecule has 1 aromatic carbocycles. The van der Waals surface area contributed by atoms with Crippen molar-refractivity contribution in [1.82, 2.24) is 24.2 Å². The number of hydrogen-bond donors (Lipinski definition) is 2. The van der Waals surface area contributed by atoms with Gasteiger partial charge in [-0.05, 0) is 80.7 Å². The normalized spacial score (nSPS) is 22.4. The molecular weight excluding hydrogens is 528 g/mol. The van der Waals surface area contributed by atoms with Crippen LogP contribution in [0.1, 0.15) is 60.5 Å². The van der Waals surface area contributed by atoms with Gasteiger partial charge in [-0.3, -0.25) is 4.79 Å². The van der Waals surface area contributed by atoms with Gasteiger partial charge in [-0.25, -0.2) is 27.7 Å². The van der Waals surface area contributed by atoms with E-state index in [9.17, 15) is 13.2 Å². The standard InChI is InChI=1S/C29H34N6O4S/c30-28(36)22-7-9-23(10-8-22)39-16-20-2-1-13-35(15-20)40(37,38)17-19-3-5-21(6-4-19)27-26-24-11-12-31-29(24)32-14-25(26)33-18-34-27/h7-12,14,18-21H,1-6,13,15-17H2,(H2,30,36)(H,33,34). The Labute approximate surface area is 233 Å². The molecule has 2 aliphatic rings. The third kappa shape index (κ3) is 5.53. The van der Waals surface area contributed by atoms with Crippen LogP contribution >= 0.6 is 0 Å². The van der Waals surface area contributed by atoms with Crippen molar-refractivity contribution in [3.63, 3.8) is 0 Å². The molecule has 1 unspecified atom stereocenters. The second-order valence-corrected chi connectivity index (χ2v) is 13.1. The Morgan fingerprint density at radius 3 is 2.60 bits per heavy atom. The SMILES string of the molecule is NC(=O)c1ccc(OCC2CCCN(S(=O)(=O)CC3CCC(c4[nH]cnc5cnc6nccc6c45)CC3)C2)cc1. The summed E-state index contributed by atoms with van der Waals surface area (Å²) in [7, 11) is -3.36. The van der Waals surface area contributed by atoms with Gasteiger partial charge in [0.1, 0.15) is 5.75 Å². The number of rotatable bonds is 8. The summed E-state index contributed by atoms with van der Waals surface area (Å²) < 4.78 is 34.4. The number of hydrogen-bond acceptors (Lipinski definition) is 7. The van der Waals surface area contributed by atoms with Gasteiger partial charge in [-0.2, -0.15) is 0 Å². The van der Waals surface area contributed by atoms with E-state index in [1.807, 2.05) is 6.07 Å². The quantitative estimate of drug-likeness (QED) is 0.330. The van der Waals surface area contributed by atoms with Crippen molar-refractivity contribution in [2.75, 3.05) is 25.4 Å². The number of carbonyl (C=O) groups is 1. The molecule has 1 atom stereocenters. The van der Waals surface area contributed by atoms with E-state index in [1.165, 1.54) is 0 Å². The van der Waals surface area contributed by atoms with Gasteiger partial charge in [-0.1, -0.05) is 0 Å². The maximum absolute atomic E-state index is 13.4. The summed E-state index contributed by atoms with van der Waals surface area (Å²) in [6.45, 7) is 1.48. The Morgan fingerprint density at radius 2 is 1.82 bits per heavy atom. The molecule has 1 aliphatic heterocycles. The lowest BCUT2D eigenvalue weighted by atomic mass is 9.80. The molecule has 2 fully saturated rings. The number of nitrogens with zero attached hydrogens (tertiary/aromatic N) is 4. The zero-order chi connectivity index (χ0) is 27.7. The lowest BCUT2D eigenvalue weighted by Gasteiger charge is -2.34. The number of sulfonamides is 1. The number of pyridine rings is 1. The largest absolute Gasteiger partial charge is 0.493 e. The number of nitrogens with one attached hydrogen (secondary N) is 1. The second kappa shape index (κ2) is 11.1. The first-order valence-electron chi connectivity index (χ1n) is 13.9. The van der Waals surface area contributed by atoms with E-state index < -0.39 is 15.9 Å². The number of fused-ring (bicyclic) bond motifs is 3. The molecule has 4 heterocycles. The minimum atomic E-state index is -3.36. The van der Waals surface area contributed by atoms with E-state index >= 15 is 0 Å². The predicted molar refractivity (Wildman–Crippen MR) is 152 cm³/mol. The van der Waals surface area contributed by atoms with Gasteiger partial charge < -0.3 is 15.5 Å². The molecule has 10 nitrogen and oxygen atoms in total. The highest BCUT2D eigenvalue weighted by Crippen LogP contribution is 2.39. The summed E-state index contributed by atoms with van der Waals surface area (Å²) >= 11 is 0. The summed E-state index contributed by atoms with van der Waals surface area (Å²) in [6, 6.07) is 8.69. The van der Waals surface area contributed by atoms with Crippen molar-refractivity contribution in [1.29, 1.82) is 0 Å². The number of amides is 1. The Hall–Kier alpha value is -3.57. The minimum Gasteiger partial charge on any atom is -0.493 e. The van der Waals surface area contributed by atoms with E-state index in [1.54, 1.807) is 47.3 Å². The topological polar surface area (TPSA) is 144 Å². The fourth-order valence-electron chi connectivity index (χ4n) is 6.26. The van der Waals surface area contributed by atoms with Crippen LogP contribution in [0.15, 0.2) is 49.1 Å². The maximum atomic E-state index is 13.4. The molecule has 0 bridgehead atoms. The molecule has 210 valence electrons. The summed E-state index contributed by atoms with van der Waals surface area (Å²) in [5, 5.41) is 2.08. The molecule has 1 aliphatic carbocycles. The highest BCUT2D eigenvalue weighted by Gasteiger charge is 2.33. The number of carbonyl (C=O) groups excluding carboxylic acids is 1. The van der Waals surface area contributed by atoms with Gasteiger partial charge in [0.05, 0.1) is 30.4 Å². The number of aromatic amines is 1. The Balaban J connectivity index is 1.05. The highest BCUT2D eigenvalue weighted by molar-refractivity contribution is 7.89. The van der Waals surface area contributed by atoms with Crippen LogP contribution in [0, 0.1) is 11.8 Å². The molecule has 1 amide bonds. The van der Waals surface area contributed by atoms with Gasteiger partial charge in [0.15, 0.2) is 5.65 Å². The molecule has 4 aromatic rings. The Bertz CT molecular complexity index is 1610. The third-order valence-electron chi connectivity index (χ3n) is 8.41. The van der Waals surface area contributed by atoms with Crippen LogP contribution in [0.5, 0.6) is 5.75 Å². The van der Waals surface area contributed by atoms with Gasteiger partial charge in [0.25, 0.3) is 0 Å². The van der Waals surface area contributed by atoms with Crippen LogP contribution < -0.4 is 10.5 Å². The fourth-order valence-corrected chi connectivity index (χ4v) is 8.25. The monoisotopic (exact) mass is 562 g/mol. The van der Waals surface area contributed by atoms with Gasteiger partial charge >= 0.3 is 0 Å². The molecule has 3 N–H and O–H groups in total. The minimum absolute atomic E-state index is 0.127. The molecule has 1 saturated carbocycles. The van der Waals surface area contributed by atoms with Crippen LogP contribution in [0.4, 0.5) is 0 Å². The second-order valence-electron chi connectivity index (χ2n) is 11.1. The van der Waals surface area contributed by atoms with E-state index in [0.717, 1.165) is 66.2 Å². The first-order valence-corrected chi connectivity index (χ1v) is 15.6. The van der Waals surface area contributed by atoms with E-state index in [-0.39, 0.29) is 17.6 Å². The van der Waals surface area contributed by atoms with Crippen molar-refractivity contribution in [3.8, 4) is 5.75 Å². The zero-order valence-electron chi connectivity index (χ0n) is 22.3. The van der Waals surface area contributed by atoms with Crippen LogP contribution in [0.25, 0.3) is 21.9 Å². The average molecular weight is 563 g/mol. The van der Waals surface area contributed by atoms with Crippen LogP contribution in [-0.4, -0.2) is 64.0 Å². The average Bonchev–Trinajstić information content (AvgIpc) is 3.46. The molecule has 0 radical (unpaired) electrons. The summed E-state index contributed by atoms with van der Waals surface area (Å²) in [6.07, 6.45) is 10.6. The molecule has 6 rings (SSSR count). The van der Waals surface area contributed by atoms with Crippen LogP contribution in [0.3, 0.4) is 0 Å². The molecule has 1 saturated heterocycles. The van der Waals surface area contributed by atoms with Crippen molar-refractivity contribution < 1.29 is 17.9 Å². The summed E-state index contributed by atoms with van der Waals surface area (Å²) in [4.78, 5) is 27.9. The van der Waals surface area contributed by atoms with Gasteiger partial charge in [0, 0.05) is 47.2 Å². The number of nitrogens with two attached hydrogens (primary N) is 1. The summed E-state index contributed by atoms with van der Waals surface area (Å²) in [5.74, 6) is 0.960. The van der Waals surface area contributed by atoms with Crippen LogP contribution in [0.2, 0.25) is 0 Å². The maximum Gasteiger partial charge on any atom is 0.248 e. The summed E-state index contributed by atoms with van der Waals surface area (Å²) in [5.41, 5.74) is 8.45. The molecular formula is C29H34N6O4S. The Morgan fingerprint density at radius 1 is 1.02 bits per heavy atom. The van der Waals surface area contributed by atoms with Gasteiger partial charge in [-0.15, -0.1) is 0 Å². The number of benzene rings is 1. The molecule has 3 aromatic heterocycles. The van der Waals surface area contributed by atoms with E-state index in [2.05, 4.69) is 19.9 Å². The smallest absolute Gasteiger partial charge is 0.248 e. The van der Waals surface area contributed by atoms with Crippen LogP contribution in [-0.2, 0) is 10.0 Å². The number of ether oxygens (including phenoxy) is 1. The molecule has 11 heteroatoms. The number of aromatic nitrogens is 4. The lowest BCUT2D eigenvalue weighted by molar-refractivity contribution is 0.1000. The number of primary amides is 1. The van der Waals surface area contributed by atoms with E-state index in [0.29, 0.717) is 36.9 Å². The number of piperidine rings is 1. The van der Waals surface area contributed by atoms with Crippen molar-refractivity contribution in [2.24, 2.45) is 17.6 Å². The van der Waals surface area contributed by atoms with Crippen molar-refractivity contribution >= 4 is 37.9 Å². The first kappa shape index (κ1) is 26.6. The van der Waals surface area contributed by atoms with E-state index in [4.69, 9.17) is 10.5 Å². The fraction of sp³-hybridized carbons (Fsp3) is 0.448. The molecule has 40 heavy (non-hydrogen) atoms. The van der Waals surface area contributed by atoms with Crippen molar-refractivity contribution in [2.45, 2.75) is 44.4 Å². The lowest BCUT2D eigenvalue weighted by Crippen LogP contribution is -2.43. The zero-order valence-corrected chi connectivity index (χ0v) is 23.1. The Kier molecular flexibility index (Phi) is 7.41. The highest BCUT2D eigenvalue weighted by atomic mass is 32.2.